The number of nitrogens with zero attached hydrogens (tertiary/aromatic N) is 2. The van der Waals surface area contributed by atoms with E-state index in [2.05, 4.69) is 46.7 Å². The van der Waals surface area contributed by atoms with Crippen LogP contribution in [-0.4, -0.2) is 9.97 Å². The molecular formula is C6H5BrN3P. The first-order valence-corrected chi connectivity index (χ1v) is 4.10. The Morgan fingerprint density at radius 3 is 3.00 bits per heavy atom. The zero-order chi connectivity index (χ0) is 8.27. The summed E-state index contributed by atoms with van der Waals surface area (Å²) in [4.78, 5) is 7.86. The number of hydrogen-bond donors (Lipinski definition) is 1. The summed E-state index contributed by atoms with van der Waals surface area (Å²) in [6.07, 6.45) is 1.53. The molecule has 0 radical (unpaired) electrons. The zero-order valence-corrected chi connectivity index (χ0v) is 8.25. The summed E-state index contributed by atoms with van der Waals surface area (Å²) >= 11 is 3.16. The molecule has 1 aromatic heterocycles. The summed E-state index contributed by atoms with van der Waals surface area (Å²) in [6, 6.07) is 0. The predicted octanol–water partition coefficient (Wildman–Crippen LogP) is 1.01. The van der Waals surface area contributed by atoms with Gasteiger partial charge in [0, 0.05) is 0 Å². The Balaban J connectivity index is 3.19. The quantitative estimate of drug-likeness (QED) is 0.534. The van der Waals surface area contributed by atoms with E-state index in [1.165, 1.54) is 6.20 Å². The lowest BCUT2D eigenvalue weighted by Gasteiger charge is -1.94. The van der Waals surface area contributed by atoms with Crippen molar-refractivity contribution in [1.82, 2.24) is 9.97 Å². The number of anilines is 1. The molecule has 0 spiro atoms. The Morgan fingerprint density at radius 1 is 1.64 bits per heavy atom. The van der Waals surface area contributed by atoms with Gasteiger partial charge < -0.3 is 5.73 Å². The Hall–Kier alpha value is -0.650. The third-order valence-electron chi connectivity index (χ3n) is 0.962. The maximum atomic E-state index is 5.47. The van der Waals surface area contributed by atoms with Gasteiger partial charge in [0.1, 0.15) is 4.60 Å². The molecule has 0 aromatic carbocycles. The van der Waals surface area contributed by atoms with Crippen LogP contribution in [0.3, 0.4) is 0 Å². The summed E-state index contributed by atoms with van der Waals surface area (Å²) < 4.78 is 0.634. The monoisotopic (exact) mass is 229 g/mol. The topological polar surface area (TPSA) is 51.8 Å². The molecule has 1 atom stereocenters. The predicted molar refractivity (Wildman–Crippen MR) is 50.7 cm³/mol. The molecule has 1 aromatic rings. The van der Waals surface area contributed by atoms with E-state index in [0.717, 1.165) is 0 Å². The van der Waals surface area contributed by atoms with Crippen molar-refractivity contribution in [2.45, 2.75) is 0 Å². The summed E-state index contributed by atoms with van der Waals surface area (Å²) in [6.45, 7) is 0. The van der Waals surface area contributed by atoms with E-state index in [4.69, 9.17) is 5.73 Å². The highest BCUT2D eigenvalue weighted by Crippen LogP contribution is 2.08. The number of hydrogen-bond acceptors (Lipinski definition) is 3. The van der Waals surface area contributed by atoms with E-state index in [0.29, 0.717) is 16.1 Å². The van der Waals surface area contributed by atoms with Crippen molar-refractivity contribution in [2.24, 2.45) is 0 Å². The summed E-state index contributed by atoms with van der Waals surface area (Å²) in [5.74, 6) is 3.05. The van der Waals surface area contributed by atoms with Gasteiger partial charge in [0.25, 0.3) is 0 Å². The van der Waals surface area contributed by atoms with Crippen LogP contribution in [0.5, 0.6) is 0 Å². The lowest BCUT2D eigenvalue weighted by atomic mass is 10.4. The van der Waals surface area contributed by atoms with Crippen molar-refractivity contribution in [3.8, 4) is 11.6 Å². The van der Waals surface area contributed by atoms with Gasteiger partial charge in [-0.05, 0) is 21.9 Å². The van der Waals surface area contributed by atoms with Crippen LogP contribution in [0, 0.1) is 11.6 Å². The molecule has 56 valence electrons. The maximum absolute atomic E-state index is 5.47. The van der Waals surface area contributed by atoms with Crippen LogP contribution in [0.25, 0.3) is 0 Å². The lowest BCUT2D eigenvalue weighted by molar-refractivity contribution is 1.15. The third-order valence-corrected chi connectivity index (χ3v) is 1.49. The fraction of sp³-hybridized carbons (Fsp3) is 0. The van der Waals surface area contributed by atoms with Crippen molar-refractivity contribution < 1.29 is 0 Å². The van der Waals surface area contributed by atoms with Gasteiger partial charge in [-0.3, -0.25) is 0 Å². The number of nitrogens with two attached hydrogens (primary N) is 1. The highest BCUT2D eigenvalue weighted by molar-refractivity contribution is 9.10. The minimum Gasteiger partial charge on any atom is -0.381 e. The van der Waals surface area contributed by atoms with Gasteiger partial charge in [-0.25, -0.2) is 9.97 Å². The molecule has 1 heterocycles. The average molecular weight is 230 g/mol. The summed E-state index contributed by atoms with van der Waals surface area (Å²) in [5, 5.41) is 0. The smallest absolute Gasteiger partial charge is 0.158 e. The van der Waals surface area contributed by atoms with E-state index in [1.54, 1.807) is 0 Å². The number of rotatable bonds is 0. The fourth-order valence-electron chi connectivity index (χ4n) is 0.537. The Labute approximate surface area is 75.1 Å². The molecule has 2 N–H and O–H groups in total. The van der Waals surface area contributed by atoms with Crippen molar-refractivity contribution >= 4 is 31.0 Å². The largest absolute Gasteiger partial charge is 0.381 e. The van der Waals surface area contributed by atoms with E-state index in [1.807, 2.05) is 0 Å². The van der Waals surface area contributed by atoms with Gasteiger partial charge in [-0.1, -0.05) is 14.9 Å². The lowest BCUT2D eigenvalue weighted by Crippen LogP contribution is -1.97. The molecule has 1 unspecified atom stereocenters. The molecular weight excluding hydrogens is 225 g/mol. The Kier molecular flexibility index (Phi) is 2.81. The van der Waals surface area contributed by atoms with Crippen LogP contribution in [0.4, 0.5) is 5.82 Å². The minimum atomic E-state index is 0.350. The van der Waals surface area contributed by atoms with E-state index >= 15 is 0 Å². The number of aromatic nitrogens is 2. The van der Waals surface area contributed by atoms with Crippen molar-refractivity contribution in [3.05, 3.63) is 16.5 Å². The molecule has 0 saturated carbocycles. The van der Waals surface area contributed by atoms with Gasteiger partial charge in [0.05, 0.1) is 6.20 Å². The van der Waals surface area contributed by atoms with Crippen LogP contribution < -0.4 is 5.73 Å². The summed E-state index contributed by atoms with van der Waals surface area (Å²) in [7, 11) is 2.27. The SMILES string of the molecule is Nc1ncc(Br)nc1C#CP. The Bertz CT molecular complexity index is 328. The second kappa shape index (κ2) is 3.66. The van der Waals surface area contributed by atoms with E-state index < -0.39 is 0 Å². The highest BCUT2D eigenvalue weighted by atomic mass is 79.9. The molecule has 0 aliphatic rings. The number of nitrogen functional groups attached to an aromatic ring is 1. The average Bonchev–Trinajstić information content (AvgIpc) is 1.98. The second-order valence-electron chi connectivity index (χ2n) is 1.70. The van der Waals surface area contributed by atoms with Crippen LogP contribution in [0.2, 0.25) is 0 Å². The van der Waals surface area contributed by atoms with Crippen LogP contribution in [-0.2, 0) is 0 Å². The maximum Gasteiger partial charge on any atom is 0.158 e. The van der Waals surface area contributed by atoms with Gasteiger partial charge in [-0.15, -0.1) is 0 Å². The summed E-state index contributed by atoms with van der Waals surface area (Å²) in [5.41, 5.74) is 8.58. The third kappa shape index (κ3) is 2.14. The minimum absolute atomic E-state index is 0.350. The molecule has 0 bridgehead atoms. The molecule has 1 rings (SSSR count). The molecule has 0 aliphatic carbocycles. The van der Waals surface area contributed by atoms with Crippen molar-refractivity contribution in [3.63, 3.8) is 0 Å². The van der Waals surface area contributed by atoms with E-state index in [9.17, 15) is 0 Å². The molecule has 0 aliphatic heterocycles. The molecule has 3 nitrogen and oxygen atoms in total. The molecule has 5 heteroatoms. The molecule has 0 amide bonds. The highest BCUT2D eigenvalue weighted by Gasteiger charge is 1.97. The van der Waals surface area contributed by atoms with Gasteiger partial charge in [0.2, 0.25) is 0 Å². The normalized spacial score (nSPS) is 8.55. The fourth-order valence-corrected chi connectivity index (χ4v) is 0.954. The van der Waals surface area contributed by atoms with Gasteiger partial charge in [0.15, 0.2) is 11.5 Å². The van der Waals surface area contributed by atoms with Crippen LogP contribution in [0.15, 0.2) is 10.8 Å². The number of halogens is 1. The van der Waals surface area contributed by atoms with Gasteiger partial charge in [-0.2, -0.15) is 0 Å². The van der Waals surface area contributed by atoms with Gasteiger partial charge >= 0.3 is 0 Å². The van der Waals surface area contributed by atoms with Crippen LogP contribution in [0.1, 0.15) is 5.69 Å². The van der Waals surface area contributed by atoms with Crippen molar-refractivity contribution in [2.75, 3.05) is 5.73 Å². The first-order valence-electron chi connectivity index (χ1n) is 2.73. The molecule has 0 fully saturated rings. The Morgan fingerprint density at radius 2 is 2.36 bits per heavy atom. The van der Waals surface area contributed by atoms with Crippen LogP contribution >= 0.6 is 25.2 Å². The zero-order valence-electron chi connectivity index (χ0n) is 5.50. The standard InChI is InChI=1S/C6H5BrN3P/c7-5-3-9-6(8)4(10-5)1-2-11/h3H,11H2,(H2,8,9). The first-order chi connectivity index (χ1) is 5.24. The second-order valence-corrected chi connectivity index (χ2v) is 2.80. The molecule has 11 heavy (non-hydrogen) atoms. The van der Waals surface area contributed by atoms with E-state index in [-0.39, 0.29) is 0 Å². The molecule has 0 saturated heterocycles. The van der Waals surface area contributed by atoms with Crippen molar-refractivity contribution in [1.29, 1.82) is 0 Å². The first kappa shape index (κ1) is 8.45.